The zero-order chi connectivity index (χ0) is 8.69. The summed E-state index contributed by atoms with van der Waals surface area (Å²) >= 11 is 0. The van der Waals surface area contributed by atoms with E-state index in [0.29, 0.717) is 19.7 Å². The molecule has 0 heterocycles. The van der Waals surface area contributed by atoms with Crippen LogP contribution in [0.3, 0.4) is 0 Å². The van der Waals surface area contributed by atoms with Crippen LogP contribution < -0.4 is 11.1 Å². The summed E-state index contributed by atoms with van der Waals surface area (Å²) in [6, 6.07) is 0. The Kier molecular flexibility index (Phi) is 11.7. The minimum absolute atomic E-state index is 0. The molecule has 0 amide bonds. The van der Waals surface area contributed by atoms with Gasteiger partial charge >= 0.3 is 35.5 Å². The van der Waals surface area contributed by atoms with Crippen LogP contribution in [0.15, 0.2) is 0 Å². The van der Waals surface area contributed by atoms with Crippen LogP contribution in [-0.4, -0.2) is 66.6 Å². The van der Waals surface area contributed by atoms with Gasteiger partial charge in [-0.2, -0.15) is 0 Å². The van der Waals surface area contributed by atoms with Crippen molar-refractivity contribution in [3.05, 3.63) is 0 Å². The van der Waals surface area contributed by atoms with Gasteiger partial charge in [0.1, 0.15) is 0 Å². The van der Waals surface area contributed by atoms with E-state index in [9.17, 15) is 4.79 Å². The second-order valence-corrected chi connectivity index (χ2v) is 1.92. The number of hydrogen-bond acceptors (Lipinski definition) is 4. The molecule has 0 rings (SSSR count). The summed E-state index contributed by atoms with van der Waals surface area (Å²) in [6.07, 6.45) is -0.927. The second-order valence-electron chi connectivity index (χ2n) is 1.92. The Morgan fingerprint density at radius 3 is 2.67 bits per heavy atom. The van der Waals surface area contributed by atoms with E-state index in [1.165, 1.54) is 0 Å². The molecule has 68 valence electrons. The van der Waals surface area contributed by atoms with Crippen molar-refractivity contribution in [2.75, 3.05) is 19.7 Å². The molecule has 4 N–H and O–H groups in total. The van der Waals surface area contributed by atoms with Crippen LogP contribution >= 0.6 is 0 Å². The first-order chi connectivity index (χ1) is 5.22. The molecule has 0 saturated heterocycles. The van der Waals surface area contributed by atoms with Crippen molar-refractivity contribution in [3.63, 3.8) is 0 Å². The number of nitrogens with two attached hydrogens (primary N) is 1. The maximum absolute atomic E-state index is 10.4. The molecule has 6 heteroatoms. The number of aliphatic carboxylic acids is 1. The topological polar surface area (TPSA) is 84.6 Å². The Morgan fingerprint density at radius 1 is 1.75 bits per heavy atom. The molecule has 0 aliphatic heterocycles. The molecule has 0 aliphatic carbocycles. The van der Waals surface area contributed by atoms with E-state index < -0.39 is 12.2 Å². The van der Waals surface area contributed by atoms with E-state index in [2.05, 4.69) is 5.32 Å². The monoisotopic (exact) mass is 186 g/mol. The Morgan fingerprint density at radius 2 is 2.33 bits per heavy atom. The maximum atomic E-state index is 10.4. The molecule has 0 bridgehead atoms. The average molecular weight is 186 g/mol. The first kappa shape index (κ1) is 14.9. The molecule has 0 spiro atoms. The zero-order valence-electron chi connectivity index (χ0n) is 6.54. The summed E-state index contributed by atoms with van der Waals surface area (Å²) in [5.74, 6) is -1.01. The summed E-state index contributed by atoms with van der Waals surface area (Å²) in [7, 11) is 0. The molecule has 5 nitrogen and oxygen atoms in total. The van der Waals surface area contributed by atoms with Gasteiger partial charge in [-0.1, -0.05) is 0 Å². The molecule has 0 aromatic rings. The summed E-state index contributed by atoms with van der Waals surface area (Å²) in [4.78, 5) is 10.4. The van der Waals surface area contributed by atoms with E-state index in [-0.39, 0.29) is 29.6 Å². The molecular formula is C6H15N2NaO3. The summed E-state index contributed by atoms with van der Waals surface area (Å²) < 4.78 is 4.84. The number of carboxylic acid groups (broad SMARTS) is 1. The van der Waals surface area contributed by atoms with Crippen LogP contribution in [0.25, 0.3) is 0 Å². The SMILES string of the molecule is CCOC(NCCN)C(=O)O.[NaH]. The minimum atomic E-state index is -1.01. The molecule has 0 aliphatic rings. The van der Waals surface area contributed by atoms with Gasteiger partial charge in [0.15, 0.2) is 0 Å². The predicted octanol–water partition coefficient (Wildman–Crippen LogP) is -1.67. The van der Waals surface area contributed by atoms with Crippen LogP contribution in [0.2, 0.25) is 0 Å². The van der Waals surface area contributed by atoms with E-state index in [0.717, 1.165) is 0 Å². The van der Waals surface area contributed by atoms with Crippen molar-refractivity contribution in [3.8, 4) is 0 Å². The Bertz CT molecular complexity index is 123. The molecule has 12 heavy (non-hydrogen) atoms. The van der Waals surface area contributed by atoms with Crippen LogP contribution in [0.1, 0.15) is 6.92 Å². The van der Waals surface area contributed by atoms with E-state index in [1.807, 2.05) is 0 Å². The number of carboxylic acids is 1. The van der Waals surface area contributed by atoms with Gasteiger partial charge in [0.2, 0.25) is 6.23 Å². The fourth-order valence-corrected chi connectivity index (χ4v) is 0.599. The molecule has 1 unspecified atom stereocenters. The summed E-state index contributed by atoms with van der Waals surface area (Å²) in [5, 5.41) is 11.1. The van der Waals surface area contributed by atoms with Gasteiger partial charge in [-0.05, 0) is 6.92 Å². The quantitative estimate of drug-likeness (QED) is 0.341. The first-order valence-corrected chi connectivity index (χ1v) is 3.50. The number of nitrogens with one attached hydrogen (secondary N) is 1. The van der Waals surface area contributed by atoms with Crippen LogP contribution in [-0.2, 0) is 9.53 Å². The third-order valence-electron chi connectivity index (χ3n) is 1.03. The number of hydrogen-bond donors (Lipinski definition) is 3. The van der Waals surface area contributed by atoms with Crippen LogP contribution in [0.4, 0.5) is 0 Å². The number of rotatable bonds is 6. The standard InChI is InChI=1S/C6H14N2O3.Na.H/c1-2-11-5(6(9)10)8-4-3-7;;/h5,8H,2-4,7H2,1H3,(H,9,10);;. The van der Waals surface area contributed by atoms with Crippen LogP contribution in [0, 0.1) is 0 Å². The number of carbonyl (C=O) groups is 1. The fourth-order valence-electron chi connectivity index (χ4n) is 0.599. The second kappa shape index (κ2) is 9.44. The van der Waals surface area contributed by atoms with Crippen molar-refractivity contribution in [2.24, 2.45) is 5.73 Å². The van der Waals surface area contributed by atoms with Gasteiger partial charge in [0.25, 0.3) is 0 Å². The van der Waals surface area contributed by atoms with Gasteiger partial charge in [0, 0.05) is 19.7 Å². The molecule has 1 atom stereocenters. The van der Waals surface area contributed by atoms with E-state index in [1.54, 1.807) is 6.92 Å². The Hall–Kier alpha value is 0.350. The Labute approximate surface area is 93.9 Å². The third kappa shape index (κ3) is 7.02. The van der Waals surface area contributed by atoms with E-state index >= 15 is 0 Å². The molecule has 0 saturated carbocycles. The third-order valence-corrected chi connectivity index (χ3v) is 1.03. The van der Waals surface area contributed by atoms with E-state index in [4.69, 9.17) is 15.6 Å². The van der Waals surface area contributed by atoms with Gasteiger partial charge in [-0.3, -0.25) is 5.32 Å². The number of ether oxygens (including phenoxy) is 1. The molecular weight excluding hydrogens is 171 g/mol. The van der Waals surface area contributed by atoms with Crippen molar-refractivity contribution < 1.29 is 14.6 Å². The zero-order valence-corrected chi connectivity index (χ0v) is 6.54. The summed E-state index contributed by atoms with van der Waals surface area (Å²) in [6.45, 7) is 2.95. The normalized spacial score (nSPS) is 11.8. The van der Waals surface area contributed by atoms with Crippen molar-refractivity contribution in [2.45, 2.75) is 13.2 Å². The van der Waals surface area contributed by atoms with Crippen molar-refractivity contribution in [1.29, 1.82) is 0 Å². The molecule has 0 fully saturated rings. The van der Waals surface area contributed by atoms with Crippen molar-refractivity contribution >= 4 is 35.5 Å². The molecule has 0 aromatic carbocycles. The Balaban J connectivity index is 0. The van der Waals surface area contributed by atoms with Gasteiger partial charge in [0.05, 0.1) is 0 Å². The van der Waals surface area contributed by atoms with Crippen LogP contribution in [0.5, 0.6) is 0 Å². The van der Waals surface area contributed by atoms with Crippen molar-refractivity contribution in [1.82, 2.24) is 5.32 Å². The van der Waals surface area contributed by atoms with Gasteiger partial charge in [-0.25, -0.2) is 4.79 Å². The predicted molar refractivity (Wildman–Crippen MR) is 47.3 cm³/mol. The van der Waals surface area contributed by atoms with Gasteiger partial charge < -0.3 is 15.6 Å². The first-order valence-electron chi connectivity index (χ1n) is 3.50. The summed E-state index contributed by atoms with van der Waals surface area (Å²) in [5.41, 5.74) is 5.16. The fraction of sp³-hybridized carbons (Fsp3) is 0.833. The molecule has 0 radical (unpaired) electrons. The van der Waals surface area contributed by atoms with Gasteiger partial charge in [-0.15, -0.1) is 0 Å². The average Bonchev–Trinajstić information content (AvgIpc) is 1.97. The molecule has 0 aromatic heterocycles.